The minimum absolute atomic E-state index is 0.0146. The van der Waals surface area contributed by atoms with Crippen LogP contribution in [-0.2, 0) is 11.2 Å². The van der Waals surface area contributed by atoms with Crippen molar-refractivity contribution in [1.29, 1.82) is 0 Å². The van der Waals surface area contributed by atoms with Crippen LogP contribution in [0.1, 0.15) is 19.4 Å². The number of hydrogen-bond acceptors (Lipinski definition) is 8. The number of thioether (sulfide) groups is 1. The number of nitrogens with zero attached hydrogens (tertiary/aromatic N) is 2. The Labute approximate surface area is 185 Å². The van der Waals surface area contributed by atoms with E-state index >= 15 is 0 Å². The van der Waals surface area contributed by atoms with Gasteiger partial charge in [0.25, 0.3) is 0 Å². The second-order valence-electron chi connectivity index (χ2n) is 6.86. The van der Waals surface area contributed by atoms with E-state index < -0.39 is 0 Å². The Morgan fingerprint density at radius 3 is 2.23 bits per heavy atom. The molecule has 0 fully saturated rings. The van der Waals surface area contributed by atoms with Gasteiger partial charge in [0.1, 0.15) is 0 Å². The molecule has 3 aromatic rings. The molecule has 0 saturated carbocycles. The molecule has 0 bridgehead atoms. The number of methoxy groups -OCH3 is 3. The van der Waals surface area contributed by atoms with Crippen molar-refractivity contribution >= 4 is 23.7 Å². The highest BCUT2D eigenvalue weighted by molar-refractivity contribution is 7.99. The normalized spacial score (nSPS) is 10.8. The largest absolute Gasteiger partial charge is 0.493 e. The van der Waals surface area contributed by atoms with E-state index in [0.717, 1.165) is 5.56 Å². The van der Waals surface area contributed by atoms with Gasteiger partial charge in [-0.15, -0.1) is 16.9 Å². The summed E-state index contributed by atoms with van der Waals surface area (Å²) in [6, 6.07) is 11.3. The summed E-state index contributed by atoms with van der Waals surface area (Å²) in [4.78, 5) is 13.5. The number of carbonyl (C=O) groups excluding carboxylic acids is 1. The highest BCUT2D eigenvalue weighted by atomic mass is 32.2. The van der Waals surface area contributed by atoms with Crippen LogP contribution in [0.4, 0.5) is 6.01 Å². The lowest BCUT2D eigenvalue weighted by Gasteiger charge is -2.12. The molecule has 0 aliphatic heterocycles. The van der Waals surface area contributed by atoms with Crippen LogP contribution in [0.15, 0.2) is 45.7 Å². The molecule has 1 aromatic heterocycles. The molecule has 164 valence electrons. The molecule has 3 rings (SSSR count). The lowest BCUT2D eigenvalue weighted by Crippen LogP contribution is -2.14. The van der Waals surface area contributed by atoms with Gasteiger partial charge in [0.2, 0.25) is 17.5 Å². The van der Waals surface area contributed by atoms with Gasteiger partial charge in [-0.25, -0.2) is 0 Å². The van der Waals surface area contributed by atoms with E-state index in [9.17, 15) is 4.79 Å². The molecule has 0 atom stereocenters. The number of hydrogen-bond donors (Lipinski definition) is 1. The zero-order valence-corrected chi connectivity index (χ0v) is 18.9. The van der Waals surface area contributed by atoms with Crippen LogP contribution < -0.4 is 19.5 Å². The van der Waals surface area contributed by atoms with Gasteiger partial charge in [-0.3, -0.25) is 10.1 Å². The molecular weight excluding hydrogens is 418 g/mol. The zero-order valence-electron chi connectivity index (χ0n) is 18.1. The molecule has 8 nitrogen and oxygen atoms in total. The van der Waals surface area contributed by atoms with Crippen molar-refractivity contribution in [3.63, 3.8) is 0 Å². The lowest BCUT2D eigenvalue weighted by atomic mass is 10.1. The number of ether oxygens (including phenoxy) is 3. The van der Waals surface area contributed by atoms with Crippen LogP contribution in [0, 0.1) is 0 Å². The summed E-state index contributed by atoms with van der Waals surface area (Å²) in [5.41, 5.74) is 1.47. The fourth-order valence-electron chi connectivity index (χ4n) is 2.90. The van der Waals surface area contributed by atoms with Crippen LogP contribution >= 0.6 is 11.8 Å². The molecule has 0 radical (unpaired) electrons. The molecule has 0 spiro atoms. The second kappa shape index (κ2) is 10.2. The third kappa shape index (κ3) is 5.69. The predicted molar refractivity (Wildman–Crippen MR) is 119 cm³/mol. The first-order valence-corrected chi connectivity index (χ1v) is 10.5. The van der Waals surface area contributed by atoms with Gasteiger partial charge in [0.05, 0.1) is 27.8 Å². The van der Waals surface area contributed by atoms with Crippen molar-refractivity contribution in [2.75, 3.05) is 26.6 Å². The molecule has 0 saturated heterocycles. The van der Waals surface area contributed by atoms with Crippen LogP contribution in [0.5, 0.6) is 17.2 Å². The molecule has 0 unspecified atom stereocenters. The standard InChI is InChI=1S/C22H25N3O5S/c1-13(2)31-16-8-6-14(7-9-16)10-19(26)23-22-25-24-21(30-22)15-11-17(27-3)20(29-5)18(12-15)28-4/h6-9,11-13H,10H2,1-5H3,(H,23,25,26). The Hall–Kier alpha value is -3.20. The quantitative estimate of drug-likeness (QED) is 0.485. The zero-order chi connectivity index (χ0) is 22.4. The third-order valence-corrected chi connectivity index (χ3v) is 5.26. The Morgan fingerprint density at radius 2 is 1.68 bits per heavy atom. The average Bonchev–Trinajstić information content (AvgIpc) is 3.21. The minimum atomic E-state index is -0.246. The van der Waals surface area contributed by atoms with Crippen molar-refractivity contribution in [1.82, 2.24) is 10.2 Å². The van der Waals surface area contributed by atoms with E-state index in [-0.39, 0.29) is 24.2 Å². The number of anilines is 1. The number of aromatic nitrogens is 2. The summed E-state index contributed by atoms with van der Waals surface area (Å²) in [6.07, 6.45) is 0.203. The fraction of sp³-hybridized carbons (Fsp3) is 0.318. The number of carbonyl (C=O) groups is 1. The molecule has 2 aromatic carbocycles. The van der Waals surface area contributed by atoms with E-state index in [1.807, 2.05) is 24.3 Å². The SMILES string of the molecule is COc1cc(-c2nnc(NC(=O)Cc3ccc(SC(C)C)cc3)o2)cc(OC)c1OC. The molecule has 1 amide bonds. The number of amides is 1. The summed E-state index contributed by atoms with van der Waals surface area (Å²) in [6.45, 7) is 4.28. The van der Waals surface area contributed by atoms with Crippen LogP contribution in [0.25, 0.3) is 11.5 Å². The van der Waals surface area contributed by atoms with Crippen molar-refractivity contribution in [3.8, 4) is 28.7 Å². The van der Waals surface area contributed by atoms with Crippen molar-refractivity contribution in [3.05, 3.63) is 42.0 Å². The maximum Gasteiger partial charge on any atom is 0.322 e. The lowest BCUT2D eigenvalue weighted by molar-refractivity contribution is -0.115. The Balaban J connectivity index is 1.69. The van der Waals surface area contributed by atoms with Crippen molar-refractivity contribution < 1.29 is 23.4 Å². The Bertz CT molecular complexity index is 1010. The van der Waals surface area contributed by atoms with Gasteiger partial charge in [0.15, 0.2) is 11.5 Å². The molecule has 31 heavy (non-hydrogen) atoms. The molecule has 1 heterocycles. The fourth-order valence-corrected chi connectivity index (χ4v) is 3.74. The first-order valence-electron chi connectivity index (χ1n) is 9.62. The second-order valence-corrected chi connectivity index (χ2v) is 8.51. The Kier molecular flexibility index (Phi) is 7.41. The monoisotopic (exact) mass is 443 g/mol. The first kappa shape index (κ1) is 22.5. The summed E-state index contributed by atoms with van der Waals surface area (Å²) in [5.74, 6) is 1.34. The molecular formula is C22H25N3O5S. The highest BCUT2D eigenvalue weighted by Crippen LogP contribution is 2.41. The van der Waals surface area contributed by atoms with Gasteiger partial charge in [-0.05, 0) is 29.8 Å². The van der Waals surface area contributed by atoms with Crippen LogP contribution in [0.2, 0.25) is 0 Å². The van der Waals surface area contributed by atoms with Crippen molar-refractivity contribution in [2.24, 2.45) is 0 Å². The summed E-state index contributed by atoms with van der Waals surface area (Å²) in [5, 5.41) is 11.1. The van der Waals surface area contributed by atoms with Gasteiger partial charge < -0.3 is 18.6 Å². The van der Waals surface area contributed by atoms with E-state index in [1.165, 1.54) is 26.2 Å². The van der Waals surface area contributed by atoms with Crippen molar-refractivity contribution in [2.45, 2.75) is 30.4 Å². The van der Waals surface area contributed by atoms with E-state index in [2.05, 4.69) is 29.4 Å². The first-order chi connectivity index (χ1) is 14.9. The van der Waals surface area contributed by atoms with Gasteiger partial charge in [-0.2, -0.15) is 0 Å². The van der Waals surface area contributed by atoms with Gasteiger partial charge in [-0.1, -0.05) is 31.1 Å². The topological polar surface area (TPSA) is 95.7 Å². The van der Waals surface area contributed by atoms with E-state index in [0.29, 0.717) is 28.1 Å². The number of rotatable bonds is 9. The summed E-state index contributed by atoms with van der Waals surface area (Å²) in [7, 11) is 4.57. The van der Waals surface area contributed by atoms with Crippen LogP contribution in [0.3, 0.4) is 0 Å². The molecule has 1 N–H and O–H groups in total. The number of benzene rings is 2. The maximum atomic E-state index is 12.4. The summed E-state index contributed by atoms with van der Waals surface area (Å²) >= 11 is 1.78. The average molecular weight is 444 g/mol. The third-order valence-electron chi connectivity index (χ3n) is 4.24. The predicted octanol–water partition coefficient (Wildman–Crippen LogP) is 4.44. The number of nitrogens with one attached hydrogen (secondary N) is 1. The smallest absolute Gasteiger partial charge is 0.322 e. The minimum Gasteiger partial charge on any atom is -0.493 e. The maximum absolute atomic E-state index is 12.4. The highest BCUT2D eigenvalue weighted by Gasteiger charge is 2.18. The van der Waals surface area contributed by atoms with Gasteiger partial charge in [0, 0.05) is 15.7 Å². The molecule has 9 heteroatoms. The Morgan fingerprint density at radius 1 is 1.03 bits per heavy atom. The van der Waals surface area contributed by atoms with Gasteiger partial charge >= 0.3 is 6.01 Å². The van der Waals surface area contributed by atoms with E-state index in [1.54, 1.807) is 23.9 Å². The van der Waals surface area contributed by atoms with Crippen LogP contribution in [-0.4, -0.2) is 42.7 Å². The molecule has 0 aliphatic carbocycles. The van der Waals surface area contributed by atoms with E-state index in [4.69, 9.17) is 18.6 Å². The summed E-state index contributed by atoms with van der Waals surface area (Å²) < 4.78 is 21.6. The molecule has 0 aliphatic rings.